The van der Waals surface area contributed by atoms with E-state index < -0.39 is 6.17 Å². The van der Waals surface area contributed by atoms with Gasteiger partial charge < -0.3 is 15.0 Å². The minimum absolute atomic E-state index is 0.166. The van der Waals surface area contributed by atoms with Gasteiger partial charge in [-0.2, -0.15) is 5.10 Å². The van der Waals surface area contributed by atoms with Gasteiger partial charge in [0.15, 0.2) is 5.69 Å². The van der Waals surface area contributed by atoms with Crippen LogP contribution in [0.4, 0.5) is 10.2 Å². The standard InChI is InChI=1S/C24H25FN6O2/c1-30(2)24(32)20-10-21(31(3)29-20)17-13-28-23(18-11-26-8-6-14(17)18)27-12-16-15-7-9-33-22(15)5-4-19(16)25/h4-6,8,10-11,13,16,19H,7,9,12H2,1-3H3,(H,27,28). The summed E-state index contributed by atoms with van der Waals surface area (Å²) in [5, 5.41) is 9.44. The Hall–Kier alpha value is -3.75. The summed E-state index contributed by atoms with van der Waals surface area (Å²) in [5.74, 6) is 0.972. The summed E-state index contributed by atoms with van der Waals surface area (Å²) in [4.78, 5) is 22.8. The number of amides is 1. The van der Waals surface area contributed by atoms with Crippen LogP contribution >= 0.6 is 0 Å². The lowest BCUT2D eigenvalue weighted by Gasteiger charge is -2.24. The van der Waals surface area contributed by atoms with Gasteiger partial charge in [-0.15, -0.1) is 0 Å². The average Bonchev–Trinajstić information content (AvgIpc) is 3.44. The number of allylic oxidation sites excluding steroid dienone is 2. The van der Waals surface area contributed by atoms with E-state index in [1.807, 2.05) is 6.07 Å². The third kappa shape index (κ3) is 3.73. The fourth-order valence-corrected chi connectivity index (χ4v) is 4.44. The minimum Gasteiger partial charge on any atom is -0.493 e. The van der Waals surface area contributed by atoms with Crippen molar-refractivity contribution >= 4 is 22.5 Å². The average molecular weight is 449 g/mol. The van der Waals surface area contributed by atoms with E-state index in [1.165, 1.54) is 4.90 Å². The molecule has 4 heterocycles. The molecule has 0 saturated heterocycles. The second kappa shape index (κ2) is 8.31. The first kappa shape index (κ1) is 21.1. The Labute approximate surface area is 190 Å². The van der Waals surface area contributed by atoms with E-state index in [4.69, 9.17) is 4.74 Å². The van der Waals surface area contributed by atoms with Crippen LogP contribution in [-0.2, 0) is 11.8 Å². The fraction of sp³-hybridized carbons (Fsp3) is 0.333. The quantitative estimate of drug-likeness (QED) is 0.645. The van der Waals surface area contributed by atoms with Gasteiger partial charge in [-0.1, -0.05) is 0 Å². The maximum Gasteiger partial charge on any atom is 0.273 e. The van der Waals surface area contributed by atoms with E-state index in [-0.39, 0.29) is 11.8 Å². The monoisotopic (exact) mass is 448 g/mol. The Kier molecular flexibility index (Phi) is 5.32. The zero-order valence-electron chi connectivity index (χ0n) is 18.7. The molecule has 3 aromatic rings. The highest BCUT2D eigenvalue weighted by Gasteiger charge is 2.32. The SMILES string of the molecule is CN(C)C(=O)c1cc(-c2cnc(NCC3C4=C(C=CC3F)OCC4)c3cnccc23)n(C)n1. The van der Waals surface area contributed by atoms with E-state index in [9.17, 15) is 9.18 Å². The molecule has 0 fully saturated rings. The van der Waals surface area contributed by atoms with Gasteiger partial charge in [0.05, 0.1) is 12.3 Å². The van der Waals surface area contributed by atoms with Crippen molar-refractivity contribution in [3.05, 3.63) is 59.9 Å². The molecule has 1 amide bonds. The molecule has 3 aromatic heterocycles. The number of carbonyl (C=O) groups excluding carboxylic acids is 1. The molecule has 1 aliphatic heterocycles. The smallest absolute Gasteiger partial charge is 0.273 e. The molecule has 33 heavy (non-hydrogen) atoms. The molecule has 1 aliphatic carbocycles. The van der Waals surface area contributed by atoms with Crippen LogP contribution in [0.25, 0.3) is 22.0 Å². The van der Waals surface area contributed by atoms with Crippen LogP contribution in [0.2, 0.25) is 0 Å². The number of nitrogens with one attached hydrogen (secondary N) is 1. The van der Waals surface area contributed by atoms with Crippen LogP contribution in [-0.4, -0.2) is 64.0 Å². The van der Waals surface area contributed by atoms with E-state index in [2.05, 4.69) is 20.4 Å². The summed E-state index contributed by atoms with van der Waals surface area (Å²) in [6.45, 7) is 0.998. The second-order valence-corrected chi connectivity index (χ2v) is 8.46. The third-order valence-electron chi connectivity index (χ3n) is 6.17. The molecule has 2 atom stereocenters. The molecule has 2 aliphatic rings. The highest BCUT2D eigenvalue weighted by Crippen LogP contribution is 2.36. The fourth-order valence-electron chi connectivity index (χ4n) is 4.44. The molecule has 2 unspecified atom stereocenters. The number of hydrogen-bond donors (Lipinski definition) is 1. The van der Waals surface area contributed by atoms with Crippen LogP contribution in [0, 0.1) is 5.92 Å². The zero-order chi connectivity index (χ0) is 23.1. The summed E-state index contributed by atoms with van der Waals surface area (Å²) in [6.07, 6.45) is 8.18. The van der Waals surface area contributed by atoms with E-state index >= 15 is 0 Å². The van der Waals surface area contributed by atoms with Gasteiger partial charge in [0.25, 0.3) is 5.91 Å². The molecule has 0 spiro atoms. The number of aryl methyl sites for hydroxylation is 1. The minimum atomic E-state index is -1.07. The maximum atomic E-state index is 14.7. The Bertz CT molecular complexity index is 1300. The van der Waals surface area contributed by atoms with Gasteiger partial charge in [0.1, 0.15) is 17.7 Å². The first-order chi connectivity index (χ1) is 15.9. The highest BCUT2D eigenvalue weighted by atomic mass is 19.1. The number of halogens is 1. The van der Waals surface area contributed by atoms with Crippen molar-refractivity contribution in [3.63, 3.8) is 0 Å². The lowest BCUT2D eigenvalue weighted by molar-refractivity contribution is 0.0821. The molecule has 0 saturated carbocycles. The molecule has 0 aromatic carbocycles. The number of pyridine rings is 2. The Morgan fingerprint density at radius 1 is 1.33 bits per heavy atom. The molecule has 0 radical (unpaired) electrons. The number of nitrogens with zero attached hydrogens (tertiary/aromatic N) is 5. The van der Waals surface area contributed by atoms with Crippen molar-refractivity contribution in [2.45, 2.75) is 12.6 Å². The van der Waals surface area contributed by atoms with Crippen molar-refractivity contribution in [3.8, 4) is 11.3 Å². The normalized spacial score (nSPS) is 19.5. The number of ether oxygens (including phenoxy) is 1. The predicted molar refractivity (Wildman–Crippen MR) is 123 cm³/mol. The van der Waals surface area contributed by atoms with E-state index in [1.54, 1.807) is 62.6 Å². The molecule has 1 N–H and O–H groups in total. The molecule has 9 heteroatoms. The largest absolute Gasteiger partial charge is 0.493 e. The summed E-state index contributed by atoms with van der Waals surface area (Å²) >= 11 is 0. The summed E-state index contributed by atoms with van der Waals surface area (Å²) in [7, 11) is 5.19. The van der Waals surface area contributed by atoms with E-state index in [0.29, 0.717) is 24.7 Å². The summed E-state index contributed by atoms with van der Waals surface area (Å²) in [6, 6.07) is 3.67. The number of carbonyl (C=O) groups is 1. The van der Waals surface area contributed by atoms with Gasteiger partial charge in [0, 0.05) is 69.6 Å². The number of alkyl halides is 1. The first-order valence-electron chi connectivity index (χ1n) is 10.8. The molecule has 0 bridgehead atoms. The van der Waals surface area contributed by atoms with Crippen LogP contribution in [0.5, 0.6) is 0 Å². The Balaban J connectivity index is 1.47. The van der Waals surface area contributed by atoms with Crippen molar-refractivity contribution in [1.29, 1.82) is 0 Å². The molecular weight excluding hydrogens is 423 g/mol. The highest BCUT2D eigenvalue weighted by molar-refractivity contribution is 6.01. The van der Waals surface area contributed by atoms with Crippen molar-refractivity contribution < 1.29 is 13.9 Å². The van der Waals surface area contributed by atoms with Crippen molar-refractivity contribution in [2.75, 3.05) is 32.6 Å². The van der Waals surface area contributed by atoms with Gasteiger partial charge in [0.2, 0.25) is 0 Å². The molecule has 5 rings (SSSR count). The lowest BCUT2D eigenvalue weighted by atomic mass is 9.88. The number of anilines is 1. The van der Waals surface area contributed by atoms with Crippen LogP contribution in [0.1, 0.15) is 16.9 Å². The zero-order valence-corrected chi connectivity index (χ0v) is 18.7. The summed E-state index contributed by atoms with van der Waals surface area (Å²) in [5.41, 5.74) is 2.99. The number of rotatable bonds is 5. The van der Waals surface area contributed by atoms with Crippen LogP contribution < -0.4 is 5.32 Å². The molecule has 170 valence electrons. The number of aromatic nitrogens is 4. The van der Waals surface area contributed by atoms with Gasteiger partial charge in [-0.25, -0.2) is 9.37 Å². The Morgan fingerprint density at radius 2 is 2.18 bits per heavy atom. The lowest BCUT2D eigenvalue weighted by Crippen LogP contribution is -2.27. The van der Waals surface area contributed by atoms with E-state index in [0.717, 1.165) is 39.8 Å². The van der Waals surface area contributed by atoms with Crippen molar-refractivity contribution in [1.82, 2.24) is 24.6 Å². The Morgan fingerprint density at radius 3 is 3.00 bits per heavy atom. The second-order valence-electron chi connectivity index (χ2n) is 8.46. The number of fused-ring (bicyclic) bond motifs is 1. The maximum absolute atomic E-state index is 14.7. The van der Waals surface area contributed by atoms with Crippen LogP contribution in [0.3, 0.4) is 0 Å². The number of hydrogen-bond acceptors (Lipinski definition) is 6. The predicted octanol–water partition coefficient (Wildman–Crippen LogP) is 3.34. The molecule has 8 nitrogen and oxygen atoms in total. The molecular formula is C24H25FN6O2. The van der Waals surface area contributed by atoms with Gasteiger partial charge >= 0.3 is 0 Å². The first-order valence-corrected chi connectivity index (χ1v) is 10.8. The topological polar surface area (TPSA) is 85.2 Å². The van der Waals surface area contributed by atoms with Gasteiger partial charge in [-0.3, -0.25) is 14.5 Å². The van der Waals surface area contributed by atoms with Crippen molar-refractivity contribution in [2.24, 2.45) is 13.0 Å². The van der Waals surface area contributed by atoms with Crippen LogP contribution in [0.15, 0.2) is 54.2 Å². The summed E-state index contributed by atoms with van der Waals surface area (Å²) < 4.78 is 21.9. The van der Waals surface area contributed by atoms with Gasteiger partial charge in [-0.05, 0) is 35.2 Å². The third-order valence-corrected chi connectivity index (χ3v) is 6.17.